The van der Waals surface area contributed by atoms with Crippen LogP contribution >= 0.6 is 0 Å². The maximum atomic E-state index is 11.5. The van der Waals surface area contributed by atoms with Crippen LogP contribution in [0.5, 0.6) is 0 Å². The predicted octanol–water partition coefficient (Wildman–Crippen LogP) is -0.321. The summed E-state index contributed by atoms with van der Waals surface area (Å²) in [5, 5.41) is 5.82. The van der Waals surface area contributed by atoms with Gasteiger partial charge in [0.2, 0.25) is 5.91 Å². The number of nitrogens with one attached hydrogen (secondary N) is 2. The van der Waals surface area contributed by atoms with Crippen molar-refractivity contribution in [3.8, 4) is 0 Å². The van der Waals surface area contributed by atoms with Crippen molar-refractivity contribution in [1.82, 2.24) is 10.6 Å². The highest BCUT2D eigenvalue weighted by atomic mass is 32.2. The molecule has 2 N–H and O–H groups in total. The molecule has 0 bridgehead atoms. The van der Waals surface area contributed by atoms with E-state index in [9.17, 15) is 13.2 Å². The molecule has 16 heavy (non-hydrogen) atoms. The highest BCUT2D eigenvalue weighted by Crippen LogP contribution is 2.05. The molecule has 1 saturated heterocycles. The minimum Gasteiger partial charge on any atom is -0.355 e. The molecule has 1 unspecified atom stereocenters. The van der Waals surface area contributed by atoms with Gasteiger partial charge in [0.1, 0.15) is 0 Å². The van der Waals surface area contributed by atoms with E-state index in [1.165, 1.54) is 0 Å². The van der Waals surface area contributed by atoms with Gasteiger partial charge in [-0.25, -0.2) is 8.42 Å². The van der Waals surface area contributed by atoms with Crippen molar-refractivity contribution in [3.05, 3.63) is 0 Å². The van der Waals surface area contributed by atoms with Crippen LogP contribution in [-0.2, 0) is 14.6 Å². The van der Waals surface area contributed by atoms with Gasteiger partial charge in [0.05, 0.1) is 11.8 Å². The fraction of sp³-hybridized carbons (Fsp3) is 0.900. The molecular weight excluding hydrogens is 228 g/mol. The molecule has 1 fully saturated rings. The molecule has 0 radical (unpaired) electrons. The maximum Gasteiger partial charge on any atom is 0.237 e. The summed E-state index contributed by atoms with van der Waals surface area (Å²) in [4.78, 5) is 11.5. The third-order valence-corrected chi connectivity index (χ3v) is 4.48. The second kappa shape index (κ2) is 6.20. The zero-order valence-electron chi connectivity index (χ0n) is 9.66. The smallest absolute Gasteiger partial charge is 0.237 e. The Balaban J connectivity index is 2.33. The molecule has 1 aliphatic rings. The van der Waals surface area contributed by atoms with Crippen molar-refractivity contribution < 1.29 is 13.2 Å². The maximum absolute atomic E-state index is 11.5. The van der Waals surface area contributed by atoms with Crippen LogP contribution < -0.4 is 10.6 Å². The highest BCUT2D eigenvalue weighted by Gasteiger charge is 2.20. The number of sulfone groups is 1. The van der Waals surface area contributed by atoms with Gasteiger partial charge in [-0.1, -0.05) is 6.92 Å². The summed E-state index contributed by atoms with van der Waals surface area (Å²) in [6.07, 6.45) is 2.78. The summed E-state index contributed by atoms with van der Waals surface area (Å²) in [7, 11) is -2.94. The van der Waals surface area contributed by atoms with Crippen molar-refractivity contribution >= 4 is 15.7 Å². The molecule has 0 aromatic carbocycles. The Morgan fingerprint density at radius 3 is 2.88 bits per heavy atom. The molecule has 1 heterocycles. The van der Waals surface area contributed by atoms with Crippen LogP contribution in [0.3, 0.4) is 0 Å². The highest BCUT2D eigenvalue weighted by molar-refractivity contribution is 7.91. The van der Waals surface area contributed by atoms with E-state index in [1.807, 2.05) is 0 Å². The fourth-order valence-corrected chi connectivity index (χ4v) is 2.38. The second-order valence-corrected chi connectivity index (χ2v) is 6.50. The Hall–Kier alpha value is -0.620. The predicted molar refractivity (Wildman–Crippen MR) is 63.0 cm³/mol. The first-order valence-corrected chi connectivity index (χ1v) is 7.59. The number of carbonyl (C=O) groups excluding carboxylic acids is 1. The lowest BCUT2D eigenvalue weighted by Crippen LogP contribution is -2.44. The van der Waals surface area contributed by atoms with Gasteiger partial charge in [-0.2, -0.15) is 0 Å². The fourth-order valence-electron chi connectivity index (χ4n) is 1.67. The van der Waals surface area contributed by atoms with E-state index < -0.39 is 9.84 Å². The second-order valence-electron chi connectivity index (χ2n) is 4.03. The Labute approximate surface area is 96.9 Å². The molecule has 0 aromatic heterocycles. The van der Waals surface area contributed by atoms with E-state index in [1.54, 1.807) is 6.92 Å². The van der Waals surface area contributed by atoms with Crippen LogP contribution in [0.2, 0.25) is 0 Å². The summed E-state index contributed by atoms with van der Waals surface area (Å²) < 4.78 is 22.5. The van der Waals surface area contributed by atoms with Crippen LogP contribution in [0.25, 0.3) is 0 Å². The van der Waals surface area contributed by atoms with Crippen LogP contribution in [0, 0.1) is 0 Å². The first kappa shape index (κ1) is 13.4. The minimum atomic E-state index is -2.94. The molecule has 0 spiro atoms. The third-order valence-electron chi connectivity index (χ3n) is 2.78. The Morgan fingerprint density at radius 2 is 2.19 bits per heavy atom. The summed E-state index contributed by atoms with van der Waals surface area (Å²) in [6.45, 7) is 2.71. The van der Waals surface area contributed by atoms with Gasteiger partial charge in [0.15, 0.2) is 9.84 Å². The van der Waals surface area contributed by atoms with Gasteiger partial charge in [0, 0.05) is 18.8 Å². The third kappa shape index (κ3) is 4.49. The lowest BCUT2D eigenvalue weighted by atomic mass is 10.1. The van der Waals surface area contributed by atoms with Crippen LogP contribution in [-0.4, -0.2) is 45.0 Å². The largest absolute Gasteiger partial charge is 0.355 e. The minimum absolute atomic E-state index is 0.00797. The number of rotatable bonds is 5. The number of hydrogen-bond donors (Lipinski definition) is 2. The Bertz CT molecular complexity index is 327. The van der Waals surface area contributed by atoms with Gasteiger partial charge in [-0.05, 0) is 19.3 Å². The number of carbonyl (C=O) groups is 1. The molecule has 0 aromatic rings. The topological polar surface area (TPSA) is 75.3 Å². The molecule has 1 atom stereocenters. The van der Waals surface area contributed by atoms with E-state index in [-0.39, 0.29) is 23.5 Å². The molecule has 1 aliphatic heterocycles. The van der Waals surface area contributed by atoms with Crippen molar-refractivity contribution in [3.63, 3.8) is 0 Å². The van der Waals surface area contributed by atoms with Crippen molar-refractivity contribution in [2.75, 3.05) is 24.6 Å². The quantitative estimate of drug-likeness (QED) is 0.699. The van der Waals surface area contributed by atoms with Gasteiger partial charge >= 0.3 is 0 Å². The lowest BCUT2D eigenvalue weighted by Gasteiger charge is -2.14. The van der Waals surface area contributed by atoms with Gasteiger partial charge in [-0.3, -0.25) is 4.79 Å². The first-order chi connectivity index (χ1) is 7.55. The summed E-state index contributed by atoms with van der Waals surface area (Å²) in [6, 6.07) is -0.227. The molecule has 5 nitrogen and oxygen atoms in total. The SMILES string of the molecule is CCS(=O)(=O)CCNC1CCCCNC1=O. The van der Waals surface area contributed by atoms with Crippen LogP contribution in [0.1, 0.15) is 26.2 Å². The summed E-state index contributed by atoms with van der Waals surface area (Å²) >= 11 is 0. The van der Waals surface area contributed by atoms with E-state index in [0.29, 0.717) is 6.54 Å². The average Bonchev–Trinajstić information content (AvgIpc) is 2.44. The van der Waals surface area contributed by atoms with Crippen LogP contribution in [0.15, 0.2) is 0 Å². The van der Waals surface area contributed by atoms with E-state index in [4.69, 9.17) is 0 Å². The molecular formula is C10H20N2O3S. The van der Waals surface area contributed by atoms with Gasteiger partial charge < -0.3 is 10.6 Å². The van der Waals surface area contributed by atoms with Crippen LogP contribution in [0.4, 0.5) is 0 Å². The molecule has 1 rings (SSSR count). The number of amides is 1. The number of hydrogen-bond acceptors (Lipinski definition) is 4. The lowest BCUT2D eigenvalue weighted by molar-refractivity contribution is -0.122. The average molecular weight is 248 g/mol. The van der Waals surface area contributed by atoms with E-state index in [0.717, 1.165) is 25.8 Å². The molecule has 1 amide bonds. The monoisotopic (exact) mass is 248 g/mol. The van der Waals surface area contributed by atoms with Gasteiger partial charge in [0.25, 0.3) is 0 Å². The molecule has 0 saturated carbocycles. The standard InChI is InChI=1S/C10H20N2O3S/c1-2-16(14,15)8-7-11-9-5-3-4-6-12-10(9)13/h9,11H,2-8H2,1H3,(H,12,13). The molecule has 0 aliphatic carbocycles. The molecule has 6 heteroatoms. The van der Waals surface area contributed by atoms with Gasteiger partial charge in [-0.15, -0.1) is 0 Å². The summed E-state index contributed by atoms with van der Waals surface area (Å²) in [5.41, 5.74) is 0. The summed E-state index contributed by atoms with van der Waals surface area (Å²) in [5.74, 6) is 0.255. The molecule has 94 valence electrons. The first-order valence-electron chi connectivity index (χ1n) is 5.76. The van der Waals surface area contributed by atoms with E-state index >= 15 is 0 Å². The van der Waals surface area contributed by atoms with E-state index in [2.05, 4.69) is 10.6 Å². The normalized spacial score (nSPS) is 22.6. The Morgan fingerprint density at radius 1 is 1.44 bits per heavy atom. The van der Waals surface area contributed by atoms with Crippen molar-refractivity contribution in [2.45, 2.75) is 32.2 Å². The zero-order chi connectivity index (χ0) is 12.0. The Kier molecular flexibility index (Phi) is 5.21. The zero-order valence-corrected chi connectivity index (χ0v) is 10.5. The van der Waals surface area contributed by atoms with Crippen molar-refractivity contribution in [1.29, 1.82) is 0 Å². The van der Waals surface area contributed by atoms with Crippen molar-refractivity contribution in [2.24, 2.45) is 0 Å².